The average molecular weight is 206 g/mol. The molecule has 0 aromatic carbocycles. The summed E-state index contributed by atoms with van der Waals surface area (Å²) < 4.78 is 5.61. The molecule has 0 amide bonds. The lowest BCUT2D eigenvalue weighted by Crippen LogP contribution is -2.34. The highest BCUT2D eigenvalue weighted by molar-refractivity contribution is 6.71. The largest absolute Gasteiger partial charge is 0.415 e. The highest BCUT2D eigenvalue weighted by Crippen LogP contribution is 2.15. The second-order valence-electron chi connectivity index (χ2n) is 4.01. The summed E-state index contributed by atoms with van der Waals surface area (Å²) in [5, 5.41) is 17.7. The van der Waals surface area contributed by atoms with Gasteiger partial charge in [0.05, 0.1) is 19.3 Å². The van der Waals surface area contributed by atoms with Crippen LogP contribution in [0.2, 0.25) is 19.1 Å². The van der Waals surface area contributed by atoms with Crippen molar-refractivity contribution in [3.8, 4) is 0 Å². The highest BCUT2D eigenvalue weighted by Gasteiger charge is 2.22. The lowest BCUT2D eigenvalue weighted by molar-refractivity contribution is 0.0506. The molecule has 0 radical (unpaired) electrons. The normalized spacial score (nSPS) is 14.5. The minimum atomic E-state index is -1.57. The molecular formula is C9H22O3Si. The lowest BCUT2D eigenvalue weighted by Gasteiger charge is -2.23. The van der Waals surface area contributed by atoms with E-state index in [-0.39, 0.29) is 13.2 Å². The summed E-state index contributed by atoms with van der Waals surface area (Å²) in [4.78, 5) is 0. The average Bonchev–Trinajstić information content (AvgIpc) is 2.11. The third kappa shape index (κ3) is 7.19. The van der Waals surface area contributed by atoms with Crippen molar-refractivity contribution >= 4 is 8.32 Å². The van der Waals surface area contributed by atoms with Crippen molar-refractivity contribution in [1.29, 1.82) is 0 Å². The Balaban J connectivity index is 3.61. The zero-order valence-corrected chi connectivity index (χ0v) is 9.92. The summed E-state index contributed by atoms with van der Waals surface area (Å²) in [7, 11) is -1.57. The molecule has 1 atom stereocenters. The molecule has 0 aromatic heterocycles. The van der Waals surface area contributed by atoms with Crippen LogP contribution in [0.3, 0.4) is 0 Å². The van der Waals surface area contributed by atoms with E-state index >= 15 is 0 Å². The van der Waals surface area contributed by atoms with Crippen molar-refractivity contribution in [1.82, 2.24) is 0 Å². The molecule has 80 valence electrons. The highest BCUT2D eigenvalue weighted by atomic mass is 28.4. The summed E-state index contributed by atoms with van der Waals surface area (Å²) in [6.45, 7) is 6.52. The Kier molecular flexibility index (Phi) is 6.58. The first-order chi connectivity index (χ1) is 6.02. The minimum absolute atomic E-state index is 0.210. The van der Waals surface area contributed by atoms with E-state index in [9.17, 15) is 0 Å². The van der Waals surface area contributed by atoms with Gasteiger partial charge >= 0.3 is 0 Å². The Morgan fingerprint density at radius 3 is 2.46 bits per heavy atom. The van der Waals surface area contributed by atoms with Gasteiger partial charge < -0.3 is 14.6 Å². The van der Waals surface area contributed by atoms with Crippen molar-refractivity contribution in [3.63, 3.8) is 0 Å². The second kappa shape index (κ2) is 6.54. The van der Waals surface area contributed by atoms with Crippen LogP contribution in [0.25, 0.3) is 0 Å². The van der Waals surface area contributed by atoms with Crippen molar-refractivity contribution in [2.45, 2.75) is 45.0 Å². The van der Waals surface area contributed by atoms with Crippen LogP contribution < -0.4 is 0 Å². The molecule has 0 saturated carbocycles. The molecule has 3 nitrogen and oxygen atoms in total. The predicted molar refractivity (Wildman–Crippen MR) is 56.2 cm³/mol. The van der Waals surface area contributed by atoms with Crippen LogP contribution in [0.4, 0.5) is 0 Å². The molecule has 0 aliphatic heterocycles. The zero-order valence-electron chi connectivity index (χ0n) is 8.92. The van der Waals surface area contributed by atoms with Crippen LogP contribution >= 0.6 is 0 Å². The van der Waals surface area contributed by atoms with Crippen LogP contribution in [-0.4, -0.2) is 37.8 Å². The topological polar surface area (TPSA) is 49.7 Å². The van der Waals surface area contributed by atoms with Gasteiger partial charge in [-0.2, -0.15) is 0 Å². The second-order valence-corrected chi connectivity index (χ2v) is 8.32. The summed E-state index contributed by atoms with van der Waals surface area (Å²) >= 11 is 0. The maximum Gasteiger partial charge on any atom is 0.186 e. The molecule has 4 heteroatoms. The molecule has 0 saturated heterocycles. The van der Waals surface area contributed by atoms with Gasteiger partial charge in [0.25, 0.3) is 0 Å². The van der Waals surface area contributed by atoms with E-state index in [0.717, 1.165) is 6.04 Å². The zero-order chi connectivity index (χ0) is 10.3. The Morgan fingerprint density at radius 1 is 1.38 bits per heavy atom. The molecule has 0 heterocycles. The van der Waals surface area contributed by atoms with E-state index in [1.807, 2.05) is 0 Å². The van der Waals surface area contributed by atoms with E-state index in [4.69, 9.17) is 14.6 Å². The summed E-state index contributed by atoms with van der Waals surface area (Å²) in [5.74, 6) is 0. The van der Waals surface area contributed by atoms with Crippen molar-refractivity contribution in [2.24, 2.45) is 0 Å². The smallest absolute Gasteiger partial charge is 0.186 e. The molecule has 0 aromatic rings. The molecule has 0 rings (SSSR count). The van der Waals surface area contributed by atoms with E-state index in [2.05, 4.69) is 20.0 Å². The number of hydrogen-bond donors (Lipinski definition) is 2. The first-order valence-electron chi connectivity index (χ1n) is 4.94. The van der Waals surface area contributed by atoms with Crippen molar-refractivity contribution < 1.29 is 14.6 Å². The summed E-state index contributed by atoms with van der Waals surface area (Å²) in [6, 6.07) is 1.13. The number of hydrogen-bond acceptors (Lipinski definition) is 3. The molecule has 2 N–H and O–H groups in total. The fourth-order valence-corrected chi connectivity index (χ4v) is 3.04. The molecule has 1 unspecified atom stereocenters. The van der Waals surface area contributed by atoms with E-state index in [1.165, 1.54) is 12.8 Å². The predicted octanol–water partition coefficient (Wildman–Crippen LogP) is 1.36. The SMILES string of the molecule is CCCC[Si](C)(C)OCC(O)CO. The number of rotatable bonds is 7. The van der Waals surface area contributed by atoms with Gasteiger partial charge in [-0.25, -0.2) is 0 Å². The van der Waals surface area contributed by atoms with Crippen LogP contribution in [-0.2, 0) is 4.43 Å². The third-order valence-electron chi connectivity index (χ3n) is 2.01. The van der Waals surface area contributed by atoms with Gasteiger partial charge in [-0.05, 0) is 19.1 Å². The van der Waals surface area contributed by atoms with E-state index in [0.29, 0.717) is 0 Å². The first-order valence-corrected chi connectivity index (χ1v) is 8.06. The van der Waals surface area contributed by atoms with Crippen molar-refractivity contribution in [2.75, 3.05) is 13.2 Å². The van der Waals surface area contributed by atoms with Crippen LogP contribution in [0, 0.1) is 0 Å². The Morgan fingerprint density at radius 2 is 2.00 bits per heavy atom. The van der Waals surface area contributed by atoms with Gasteiger partial charge in [0.2, 0.25) is 0 Å². The van der Waals surface area contributed by atoms with Gasteiger partial charge in [0.1, 0.15) is 0 Å². The first kappa shape index (κ1) is 13.1. The summed E-state index contributed by atoms with van der Waals surface area (Å²) in [5.41, 5.74) is 0. The molecule has 0 spiro atoms. The Labute approximate surface area is 81.9 Å². The number of unbranched alkanes of at least 4 members (excludes halogenated alkanes) is 1. The fourth-order valence-electron chi connectivity index (χ4n) is 1.05. The fraction of sp³-hybridized carbons (Fsp3) is 1.00. The molecule has 0 bridgehead atoms. The molecule has 0 fully saturated rings. The lowest BCUT2D eigenvalue weighted by atomic mass is 10.4. The molecule has 0 aliphatic rings. The van der Waals surface area contributed by atoms with E-state index in [1.54, 1.807) is 0 Å². The minimum Gasteiger partial charge on any atom is -0.415 e. The van der Waals surface area contributed by atoms with Crippen molar-refractivity contribution in [3.05, 3.63) is 0 Å². The maximum atomic E-state index is 9.09. The van der Waals surface area contributed by atoms with Crippen LogP contribution in [0.1, 0.15) is 19.8 Å². The quantitative estimate of drug-likeness (QED) is 0.618. The van der Waals surface area contributed by atoms with Crippen LogP contribution in [0.5, 0.6) is 0 Å². The van der Waals surface area contributed by atoms with Crippen LogP contribution in [0.15, 0.2) is 0 Å². The Hall–Kier alpha value is 0.0969. The molecule has 13 heavy (non-hydrogen) atoms. The standard InChI is InChI=1S/C9H22O3Si/c1-4-5-6-13(2,3)12-8-9(11)7-10/h9-11H,4-8H2,1-3H3. The van der Waals surface area contributed by atoms with Gasteiger partial charge in [-0.1, -0.05) is 19.8 Å². The molecular weight excluding hydrogens is 184 g/mol. The number of aliphatic hydroxyl groups excluding tert-OH is 2. The Bertz CT molecular complexity index is 128. The third-order valence-corrected chi connectivity index (χ3v) is 4.52. The molecule has 0 aliphatic carbocycles. The van der Waals surface area contributed by atoms with Gasteiger partial charge in [-0.3, -0.25) is 0 Å². The monoisotopic (exact) mass is 206 g/mol. The number of aliphatic hydroxyl groups is 2. The summed E-state index contributed by atoms with van der Waals surface area (Å²) in [6.07, 6.45) is 1.66. The van der Waals surface area contributed by atoms with Gasteiger partial charge in [0.15, 0.2) is 8.32 Å². The van der Waals surface area contributed by atoms with E-state index < -0.39 is 14.4 Å². The van der Waals surface area contributed by atoms with Gasteiger partial charge in [0, 0.05) is 0 Å². The van der Waals surface area contributed by atoms with Gasteiger partial charge in [-0.15, -0.1) is 0 Å². The maximum absolute atomic E-state index is 9.09.